The lowest BCUT2D eigenvalue weighted by molar-refractivity contribution is -0.141. The molecule has 0 aromatic carbocycles. The second-order valence-electron chi connectivity index (χ2n) is 5.16. The lowest BCUT2D eigenvalue weighted by Crippen LogP contribution is -2.24. The molecular weight excluding hydrogens is 287 g/mol. The molecule has 118 valence electrons. The second kappa shape index (κ2) is 6.44. The average molecular weight is 305 g/mol. The van der Waals surface area contributed by atoms with Gasteiger partial charge in [-0.1, -0.05) is 0 Å². The van der Waals surface area contributed by atoms with Gasteiger partial charge in [-0.3, -0.25) is 5.43 Å². The number of hydrogen-bond acceptors (Lipinski definition) is 6. The van der Waals surface area contributed by atoms with Gasteiger partial charge in [0.1, 0.15) is 5.82 Å². The van der Waals surface area contributed by atoms with Crippen LogP contribution in [-0.2, 0) is 6.18 Å². The highest BCUT2D eigenvalue weighted by atomic mass is 19.4. The number of halogens is 3. The molecule has 0 saturated heterocycles. The molecule has 1 aliphatic carbocycles. The number of anilines is 2. The maximum Gasteiger partial charge on any atom is 0.433 e. The molecular formula is C12H18F3N5O. The number of aromatic nitrogens is 2. The summed E-state index contributed by atoms with van der Waals surface area (Å²) in [7, 11) is 0. The van der Waals surface area contributed by atoms with Crippen LogP contribution < -0.4 is 16.6 Å². The number of nitrogen functional groups attached to an aromatic ring is 1. The summed E-state index contributed by atoms with van der Waals surface area (Å²) in [6.07, 6.45) is -1.69. The van der Waals surface area contributed by atoms with Gasteiger partial charge in [0.2, 0.25) is 5.95 Å². The lowest BCUT2D eigenvalue weighted by atomic mass is 9.87. The number of aliphatic hydroxyl groups is 1. The van der Waals surface area contributed by atoms with E-state index in [1.807, 2.05) is 5.43 Å². The number of nitrogens with two attached hydrogens (primary N) is 1. The molecule has 0 unspecified atom stereocenters. The quantitative estimate of drug-likeness (QED) is 0.500. The molecule has 1 heterocycles. The van der Waals surface area contributed by atoms with Crippen molar-refractivity contribution in [1.29, 1.82) is 0 Å². The summed E-state index contributed by atoms with van der Waals surface area (Å²) < 4.78 is 38.1. The zero-order valence-electron chi connectivity index (χ0n) is 11.3. The molecule has 1 aliphatic rings. The summed E-state index contributed by atoms with van der Waals surface area (Å²) in [4.78, 5) is 7.14. The third-order valence-corrected chi connectivity index (χ3v) is 3.53. The minimum absolute atomic E-state index is 0.0800. The highest BCUT2D eigenvalue weighted by Gasteiger charge is 2.33. The highest BCUT2D eigenvalue weighted by molar-refractivity contribution is 5.42. The predicted octanol–water partition coefficient (Wildman–Crippen LogP) is 1.74. The van der Waals surface area contributed by atoms with Gasteiger partial charge in [0.05, 0.1) is 6.10 Å². The third-order valence-electron chi connectivity index (χ3n) is 3.53. The van der Waals surface area contributed by atoms with E-state index in [-0.39, 0.29) is 17.9 Å². The molecule has 21 heavy (non-hydrogen) atoms. The number of aliphatic hydroxyl groups excluding tert-OH is 1. The van der Waals surface area contributed by atoms with Crippen molar-refractivity contribution in [3.05, 3.63) is 11.8 Å². The van der Waals surface area contributed by atoms with Crippen molar-refractivity contribution in [2.75, 3.05) is 17.3 Å². The minimum Gasteiger partial charge on any atom is -0.393 e. The van der Waals surface area contributed by atoms with Crippen LogP contribution in [0.15, 0.2) is 6.07 Å². The van der Waals surface area contributed by atoms with Crippen molar-refractivity contribution in [3.8, 4) is 0 Å². The zero-order valence-corrected chi connectivity index (χ0v) is 11.3. The molecule has 0 aliphatic heterocycles. The Labute approximate surface area is 119 Å². The fraction of sp³-hybridized carbons (Fsp3) is 0.667. The van der Waals surface area contributed by atoms with Gasteiger partial charge in [0.25, 0.3) is 0 Å². The summed E-state index contributed by atoms with van der Waals surface area (Å²) >= 11 is 0. The first-order chi connectivity index (χ1) is 9.88. The summed E-state index contributed by atoms with van der Waals surface area (Å²) in [6.45, 7) is 0.505. The molecule has 0 spiro atoms. The lowest BCUT2D eigenvalue weighted by Gasteiger charge is -2.25. The molecule has 0 bridgehead atoms. The first-order valence-corrected chi connectivity index (χ1v) is 6.73. The molecule has 1 aromatic rings. The van der Waals surface area contributed by atoms with Crippen LogP contribution in [0.25, 0.3) is 0 Å². The number of hydrazine groups is 1. The number of alkyl halides is 3. The van der Waals surface area contributed by atoms with Crippen LogP contribution in [0.3, 0.4) is 0 Å². The maximum absolute atomic E-state index is 12.7. The van der Waals surface area contributed by atoms with Crippen LogP contribution >= 0.6 is 0 Å². The van der Waals surface area contributed by atoms with Crippen molar-refractivity contribution >= 4 is 11.8 Å². The Morgan fingerprint density at radius 3 is 2.48 bits per heavy atom. The number of nitrogens with one attached hydrogen (secondary N) is 2. The minimum atomic E-state index is -4.56. The molecule has 9 heteroatoms. The van der Waals surface area contributed by atoms with Crippen molar-refractivity contribution in [1.82, 2.24) is 9.97 Å². The summed E-state index contributed by atoms with van der Waals surface area (Å²) in [5.41, 5.74) is 0.979. The molecule has 6 nitrogen and oxygen atoms in total. The van der Waals surface area contributed by atoms with E-state index in [2.05, 4.69) is 15.3 Å². The fourth-order valence-electron chi connectivity index (χ4n) is 2.35. The van der Waals surface area contributed by atoms with Gasteiger partial charge in [-0.2, -0.15) is 18.2 Å². The van der Waals surface area contributed by atoms with Crippen LogP contribution in [-0.4, -0.2) is 27.7 Å². The largest absolute Gasteiger partial charge is 0.433 e. The van der Waals surface area contributed by atoms with E-state index < -0.39 is 11.9 Å². The normalized spacial score (nSPS) is 22.9. The van der Waals surface area contributed by atoms with Crippen molar-refractivity contribution in [2.24, 2.45) is 11.8 Å². The molecule has 0 atom stereocenters. The van der Waals surface area contributed by atoms with Gasteiger partial charge >= 0.3 is 6.18 Å². The van der Waals surface area contributed by atoms with E-state index >= 15 is 0 Å². The maximum atomic E-state index is 12.7. The highest BCUT2D eigenvalue weighted by Crippen LogP contribution is 2.30. The Hall–Kier alpha value is -1.61. The second-order valence-corrected chi connectivity index (χ2v) is 5.16. The van der Waals surface area contributed by atoms with Crippen LogP contribution in [0.4, 0.5) is 24.9 Å². The van der Waals surface area contributed by atoms with Crippen LogP contribution in [0.1, 0.15) is 31.4 Å². The Morgan fingerprint density at radius 1 is 1.24 bits per heavy atom. The van der Waals surface area contributed by atoms with Gasteiger partial charge in [0, 0.05) is 12.6 Å². The number of hydrogen-bond donors (Lipinski definition) is 4. The Morgan fingerprint density at radius 2 is 1.90 bits per heavy atom. The van der Waals surface area contributed by atoms with E-state index in [1.165, 1.54) is 0 Å². The molecule has 1 saturated carbocycles. The summed E-state index contributed by atoms with van der Waals surface area (Å²) in [6, 6.07) is 0.860. The molecule has 5 N–H and O–H groups in total. The first-order valence-electron chi connectivity index (χ1n) is 6.73. The van der Waals surface area contributed by atoms with Gasteiger partial charge in [-0.15, -0.1) is 0 Å². The smallest absolute Gasteiger partial charge is 0.393 e. The predicted molar refractivity (Wildman–Crippen MR) is 71.3 cm³/mol. The average Bonchev–Trinajstić information content (AvgIpc) is 2.45. The van der Waals surface area contributed by atoms with E-state index in [0.29, 0.717) is 12.5 Å². The van der Waals surface area contributed by atoms with Crippen LogP contribution in [0.5, 0.6) is 0 Å². The standard InChI is InChI=1S/C12H18F3N5O/c13-12(14,15)9-5-10(19-11(18-9)20-16)17-6-7-1-3-8(21)4-2-7/h5,7-8,21H,1-4,6,16H2,(H2,17,18,19,20). The van der Waals surface area contributed by atoms with Crippen LogP contribution in [0.2, 0.25) is 0 Å². The van der Waals surface area contributed by atoms with Gasteiger partial charge < -0.3 is 10.4 Å². The van der Waals surface area contributed by atoms with Crippen LogP contribution in [0, 0.1) is 5.92 Å². The van der Waals surface area contributed by atoms with Gasteiger partial charge in [-0.25, -0.2) is 10.8 Å². The van der Waals surface area contributed by atoms with E-state index in [1.54, 1.807) is 0 Å². The Kier molecular flexibility index (Phi) is 4.84. The van der Waals surface area contributed by atoms with Crippen molar-refractivity contribution in [2.45, 2.75) is 38.0 Å². The first kappa shape index (κ1) is 15.8. The molecule has 2 rings (SSSR count). The van der Waals surface area contributed by atoms with Gasteiger partial charge in [0.15, 0.2) is 5.69 Å². The molecule has 0 radical (unpaired) electrons. The molecule has 0 amide bonds. The van der Waals surface area contributed by atoms with Crippen molar-refractivity contribution < 1.29 is 18.3 Å². The Bertz CT molecular complexity index is 474. The SMILES string of the molecule is NNc1nc(NCC2CCC(O)CC2)cc(C(F)(F)F)n1. The van der Waals surface area contributed by atoms with E-state index in [4.69, 9.17) is 5.84 Å². The van der Waals surface area contributed by atoms with Gasteiger partial charge in [-0.05, 0) is 31.6 Å². The number of nitrogens with zero attached hydrogens (tertiary/aromatic N) is 2. The fourth-order valence-corrected chi connectivity index (χ4v) is 2.35. The Balaban J connectivity index is 2.02. The van der Waals surface area contributed by atoms with Crippen molar-refractivity contribution in [3.63, 3.8) is 0 Å². The summed E-state index contributed by atoms with van der Waals surface area (Å²) in [5.74, 6) is 5.19. The molecule has 1 fully saturated rings. The monoisotopic (exact) mass is 305 g/mol. The topological polar surface area (TPSA) is 96.1 Å². The van der Waals surface area contributed by atoms with E-state index in [0.717, 1.165) is 31.7 Å². The third kappa shape index (κ3) is 4.43. The summed E-state index contributed by atoms with van der Waals surface area (Å²) in [5, 5.41) is 12.3. The zero-order chi connectivity index (χ0) is 15.5. The van der Waals surface area contributed by atoms with E-state index in [9.17, 15) is 18.3 Å². The number of rotatable bonds is 4. The molecule has 1 aromatic heterocycles.